The molecule has 0 aromatic carbocycles. The highest BCUT2D eigenvalue weighted by Gasteiger charge is 2.04. The number of pyridine rings is 1. The van der Waals surface area contributed by atoms with Gasteiger partial charge in [-0.1, -0.05) is 34.1 Å². The molecule has 20 heavy (non-hydrogen) atoms. The summed E-state index contributed by atoms with van der Waals surface area (Å²) in [6.45, 7) is 11.5. The second-order valence-electron chi connectivity index (χ2n) is 5.76. The predicted molar refractivity (Wildman–Crippen MR) is 85.2 cm³/mol. The number of hydrogen-bond acceptors (Lipinski definition) is 3. The largest absolute Gasteiger partial charge is 0.478 e. The van der Waals surface area contributed by atoms with Gasteiger partial charge in [0.2, 0.25) is 5.88 Å². The molecule has 0 aliphatic rings. The van der Waals surface area contributed by atoms with Crippen LogP contribution in [-0.2, 0) is 13.0 Å². The summed E-state index contributed by atoms with van der Waals surface area (Å²) >= 11 is 0. The lowest BCUT2D eigenvalue weighted by Crippen LogP contribution is -2.14. The van der Waals surface area contributed by atoms with Crippen molar-refractivity contribution < 1.29 is 4.74 Å². The first-order valence-corrected chi connectivity index (χ1v) is 7.99. The van der Waals surface area contributed by atoms with Gasteiger partial charge < -0.3 is 10.1 Å². The van der Waals surface area contributed by atoms with E-state index < -0.39 is 0 Å². The zero-order chi connectivity index (χ0) is 14.8. The third-order valence-electron chi connectivity index (χ3n) is 3.12. The van der Waals surface area contributed by atoms with Crippen molar-refractivity contribution in [3.63, 3.8) is 0 Å². The molecule has 1 N–H and O–H groups in total. The van der Waals surface area contributed by atoms with E-state index in [-0.39, 0.29) is 0 Å². The van der Waals surface area contributed by atoms with Crippen molar-refractivity contribution in [2.24, 2.45) is 5.92 Å². The first-order valence-electron chi connectivity index (χ1n) is 7.99. The van der Waals surface area contributed by atoms with E-state index in [9.17, 15) is 0 Å². The average molecular weight is 278 g/mol. The van der Waals surface area contributed by atoms with Crippen molar-refractivity contribution >= 4 is 0 Å². The van der Waals surface area contributed by atoms with Crippen LogP contribution in [0.1, 0.15) is 58.2 Å². The molecule has 0 unspecified atom stereocenters. The van der Waals surface area contributed by atoms with Crippen LogP contribution in [0.5, 0.6) is 5.88 Å². The summed E-state index contributed by atoms with van der Waals surface area (Å²) < 4.78 is 5.81. The highest BCUT2D eigenvalue weighted by atomic mass is 16.5. The van der Waals surface area contributed by atoms with Gasteiger partial charge in [-0.15, -0.1) is 0 Å². The lowest BCUT2D eigenvalue weighted by molar-refractivity contribution is 0.278. The Bertz CT molecular complexity index is 377. The molecular weight excluding hydrogens is 248 g/mol. The van der Waals surface area contributed by atoms with Crippen LogP contribution in [-0.4, -0.2) is 18.1 Å². The Balaban J connectivity index is 2.65. The Morgan fingerprint density at radius 1 is 1.20 bits per heavy atom. The van der Waals surface area contributed by atoms with Crippen LogP contribution in [0.15, 0.2) is 12.1 Å². The summed E-state index contributed by atoms with van der Waals surface area (Å²) in [5.41, 5.74) is 2.42. The van der Waals surface area contributed by atoms with Crippen molar-refractivity contribution in [2.45, 2.75) is 59.9 Å². The molecule has 0 spiro atoms. The maximum atomic E-state index is 5.81. The summed E-state index contributed by atoms with van der Waals surface area (Å²) in [6.07, 6.45) is 4.36. The van der Waals surface area contributed by atoms with Gasteiger partial charge in [0.25, 0.3) is 0 Å². The van der Waals surface area contributed by atoms with Crippen molar-refractivity contribution in [1.29, 1.82) is 0 Å². The Morgan fingerprint density at radius 3 is 2.65 bits per heavy atom. The third-order valence-corrected chi connectivity index (χ3v) is 3.12. The Labute approximate surface area is 124 Å². The van der Waals surface area contributed by atoms with E-state index in [0.717, 1.165) is 57.0 Å². The SMILES string of the molecule is CCCNCc1cc(CCC)nc(OCCC(C)C)c1. The van der Waals surface area contributed by atoms with E-state index in [1.807, 2.05) is 0 Å². The molecule has 1 aromatic rings. The van der Waals surface area contributed by atoms with Gasteiger partial charge in [0, 0.05) is 18.3 Å². The molecule has 0 radical (unpaired) electrons. The first-order chi connectivity index (χ1) is 9.65. The molecule has 0 aliphatic carbocycles. The van der Waals surface area contributed by atoms with Crippen LogP contribution in [0.2, 0.25) is 0 Å². The molecule has 0 saturated heterocycles. The van der Waals surface area contributed by atoms with E-state index >= 15 is 0 Å². The third kappa shape index (κ3) is 6.90. The van der Waals surface area contributed by atoms with E-state index in [0.29, 0.717) is 5.92 Å². The van der Waals surface area contributed by atoms with Crippen LogP contribution in [0.25, 0.3) is 0 Å². The van der Waals surface area contributed by atoms with Crippen molar-refractivity contribution in [2.75, 3.05) is 13.2 Å². The van der Waals surface area contributed by atoms with Gasteiger partial charge in [-0.2, -0.15) is 0 Å². The van der Waals surface area contributed by atoms with E-state index in [2.05, 4.69) is 50.1 Å². The molecule has 1 aromatic heterocycles. The Kier molecular flexibility index (Phi) is 8.28. The number of hydrogen-bond donors (Lipinski definition) is 1. The van der Waals surface area contributed by atoms with Gasteiger partial charge in [0.05, 0.1) is 6.61 Å². The van der Waals surface area contributed by atoms with Crippen molar-refractivity contribution in [3.05, 3.63) is 23.4 Å². The summed E-state index contributed by atoms with van der Waals surface area (Å²) in [4.78, 5) is 4.60. The van der Waals surface area contributed by atoms with E-state index in [1.54, 1.807) is 0 Å². The predicted octanol–water partition coefficient (Wildman–Crippen LogP) is 3.96. The van der Waals surface area contributed by atoms with Gasteiger partial charge in [-0.3, -0.25) is 0 Å². The smallest absolute Gasteiger partial charge is 0.213 e. The Hall–Kier alpha value is -1.09. The minimum absolute atomic E-state index is 0.666. The molecular formula is C17H30N2O. The summed E-state index contributed by atoms with van der Waals surface area (Å²) in [7, 11) is 0. The zero-order valence-corrected chi connectivity index (χ0v) is 13.5. The van der Waals surface area contributed by atoms with Gasteiger partial charge in [0.15, 0.2) is 0 Å². The minimum Gasteiger partial charge on any atom is -0.478 e. The second kappa shape index (κ2) is 9.76. The number of aromatic nitrogens is 1. The zero-order valence-electron chi connectivity index (χ0n) is 13.5. The lowest BCUT2D eigenvalue weighted by atomic mass is 10.1. The molecule has 1 heterocycles. The standard InChI is InChI=1S/C17H30N2O/c1-5-7-16-11-15(13-18-9-6-2)12-17(19-16)20-10-8-14(3)4/h11-12,14,18H,5-10,13H2,1-4H3. The van der Waals surface area contributed by atoms with Gasteiger partial charge >= 0.3 is 0 Å². The van der Waals surface area contributed by atoms with Crippen LogP contribution in [0, 0.1) is 5.92 Å². The summed E-state index contributed by atoms with van der Waals surface area (Å²) in [5.74, 6) is 1.45. The molecule has 0 amide bonds. The van der Waals surface area contributed by atoms with Gasteiger partial charge in [0.1, 0.15) is 0 Å². The molecule has 1 rings (SSSR count). The number of nitrogens with zero attached hydrogens (tertiary/aromatic N) is 1. The lowest BCUT2D eigenvalue weighted by Gasteiger charge is -2.11. The maximum Gasteiger partial charge on any atom is 0.213 e. The maximum absolute atomic E-state index is 5.81. The summed E-state index contributed by atoms with van der Waals surface area (Å²) in [5, 5.41) is 3.44. The normalized spacial score (nSPS) is 11.1. The fourth-order valence-corrected chi connectivity index (χ4v) is 1.99. The topological polar surface area (TPSA) is 34.2 Å². The van der Waals surface area contributed by atoms with E-state index in [4.69, 9.17) is 4.74 Å². The van der Waals surface area contributed by atoms with Crippen molar-refractivity contribution in [3.8, 4) is 5.88 Å². The van der Waals surface area contributed by atoms with Gasteiger partial charge in [-0.05, 0) is 43.4 Å². The van der Waals surface area contributed by atoms with Gasteiger partial charge in [-0.25, -0.2) is 4.98 Å². The van der Waals surface area contributed by atoms with Crippen LogP contribution in [0.3, 0.4) is 0 Å². The molecule has 0 fully saturated rings. The number of rotatable bonds is 10. The first kappa shape index (κ1) is 17.0. The molecule has 0 atom stereocenters. The molecule has 3 heteroatoms. The monoisotopic (exact) mass is 278 g/mol. The minimum atomic E-state index is 0.666. The van der Waals surface area contributed by atoms with Crippen molar-refractivity contribution in [1.82, 2.24) is 10.3 Å². The summed E-state index contributed by atoms with van der Waals surface area (Å²) in [6, 6.07) is 4.27. The van der Waals surface area contributed by atoms with Crippen LogP contribution >= 0.6 is 0 Å². The molecule has 114 valence electrons. The number of ether oxygens (including phenoxy) is 1. The highest BCUT2D eigenvalue weighted by molar-refractivity contribution is 5.25. The number of aryl methyl sites for hydroxylation is 1. The molecule has 0 saturated carbocycles. The number of nitrogens with one attached hydrogen (secondary N) is 1. The second-order valence-corrected chi connectivity index (χ2v) is 5.76. The molecule has 3 nitrogen and oxygen atoms in total. The quantitative estimate of drug-likeness (QED) is 0.658. The van der Waals surface area contributed by atoms with Crippen LogP contribution in [0.4, 0.5) is 0 Å². The molecule has 0 aliphatic heterocycles. The Morgan fingerprint density at radius 2 is 2.00 bits per heavy atom. The molecule has 0 bridgehead atoms. The van der Waals surface area contributed by atoms with Crippen LogP contribution < -0.4 is 10.1 Å². The average Bonchev–Trinajstić information content (AvgIpc) is 2.39. The fraction of sp³-hybridized carbons (Fsp3) is 0.706. The van der Waals surface area contributed by atoms with E-state index in [1.165, 1.54) is 5.56 Å². The fourth-order valence-electron chi connectivity index (χ4n) is 1.99. The highest BCUT2D eigenvalue weighted by Crippen LogP contribution is 2.15.